The first-order valence-corrected chi connectivity index (χ1v) is 7.22. The van der Waals surface area contributed by atoms with E-state index in [-0.39, 0.29) is 11.2 Å². The largest absolute Gasteiger partial charge is 0.366 e. The van der Waals surface area contributed by atoms with E-state index in [1.807, 2.05) is 25.1 Å². The number of carbonyl (C=O) groups is 2. The molecule has 1 aromatic heterocycles. The highest BCUT2D eigenvalue weighted by atomic mass is 32.2. The Balaban J connectivity index is 1.95. The van der Waals surface area contributed by atoms with Crippen molar-refractivity contribution < 1.29 is 9.59 Å². The second-order valence-electron chi connectivity index (χ2n) is 4.36. The van der Waals surface area contributed by atoms with E-state index in [1.165, 1.54) is 11.8 Å². The summed E-state index contributed by atoms with van der Waals surface area (Å²) >= 11 is 1.38. The van der Waals surface area contributed by atoms with E-state index in [2.05, 4.69) is 10.3 Å². The number of rotatable bonds is 5. The molecule has 0 saturated heterocycles. The second-order valence-corrected chi connectivity index (χ2v) is 5.72. The monoisotopic (exact) mass is 301 g/mol. The van der Waals surface area contributed by atoms with Gasteiger partial charge in [-0.3, -0.25) is 9.59 Å². The molecular weight excluding hydrogens is 286 g/mol. The number of amides is 2. The van der Waals surface area contributed by atoms with Crippen LogP contribution in [0.3, 0.4) is 0 Å². The maximum atomic E-state index is 12.1. The number of nitrogens with one attached hydrogen (secondary N) is 1. The molecular formula is C15H15N3O2S. The zero-order chi connectivity index (χ0) is 15.2. The van der Waals surface area contributed by atoms with Crippen LogP contribution in [0.2, 0.25) is 0 Å². The standard InChI is InChI=1S/C15H15N3O2S/c1-10(21-13-4-2-3-9-17-13)15(20)18-12-7-5-11(6-8-12)14(16)19/h2-10H,1H3,(H2,16,19)(H,18,20)/t10-/m1/s1. The summed E-state index contributed by atoms with van der Waals surface area (Å²) in [6.45, 7) is 1.81. The number of aromatic nitrogens is 1. The molecule has 6 heteroatoms. The molecule has 0 saturated carbocycles. The fraction of sp³-hybridized carbons (Fsp3) is 0.133. The van der Waals surface area contributed by atoms with Crippen LogP contribution in [0.15, 0.2) is 53.7 Å². The van der Waals surface area contributed by atoms with Crippen LogP contribution in [0.4, 0.5) is 5.69 Å². The van der Waals surface area contributed by atoms with Crippen LogP contribution in [0, 0.1) is 0 Å². The van der Waals surface area contributed by atoms with Crippen molar-refractivity contribution in [3.05, 3.63) is 54.2 Å². The molecule has 1 heterocycles. The Morgan fingerprint density at radius 1 is 1.19 bits per heavy atom. The Hall–Kier alpha value is -2.34. The van der Waals surface area contributed by atoms with Gasteiger partial charge in [0.2, 0.25) is 11.8 Å². The van der Waals surface area contributed by atoms with Crippen LogP contribution in [-0.4, -0.2) is 22.0 Å². The van der Waals surface area contributed by atoms with Gasteiger partial charge < -0.3 is 11.1 Å². The van der Waals surface area contributed by atoms with Gasteiger partial charge in [0.05, 0.1) is 10.3 Å². The first-order chi connectivity index (χ1) is 10.1. The molecule has 108 valence electrons. The Bertz CT molecular complexity index is 629. The van der Waals surface area contributed by atoms with Gasteiger partial charge in [0.1, 0.15) is 0 Å². The molecule has 0 aliphatic carbocycles. The van der Waals surface area contributed by atoms with Gasteiger partial charge >= 0.3 is 0 Å². The van der Waals surface area contributed by atoms with Gasteiger partial charge in [-0.2, -0.15) is 0 Å². The lowest BCUT2D eigenvalue weighted by molar-refractivity contribution is -0.115. The Morgan fingerprint density at radius 3 is 2.48 bits per heavy atom. The molecule has 21 heavy (non-hydrogen) atoms. The number of carbonyl (C=O) groups excluding carboxylic acids is 2. The zero-order valence-electron chi connectivity index (χ0n) is 11.4. The average Bonchev–Trinajstić information content (AvgIpc) is 2.48. The van der Waals surface area contributed by atoms with Crippen LogP contribution in [0.1, 0.15) is 17.3 Å². The van der Waals surface area contributed by atoms with Crippen molar-refractivity contribution in [1.29, 1.82) is 0 Å². The third-order valence-electron chi connectivity index (χ3n) is 2.74. The number of pyridine rings is 1. The van der Waals surface area contributed by atoms with Crippen molar-refractivity contribution in [2.75, 3.05) is 5.32 Å². The Morgan fingerprint density at radius 2 is 1.90 bits per heavy atom. The van der Waals surface area contributed by atoms with Gasteiger partial charge in [0, 0.05) is 17.4 Å². The Labute approximate surface area is 127 Å². The minimum atomic E-state index is -0.494. The average molecular weight is 301 g/mol. The van der Waals surface area contributed by atoms with Crippen LogP contribution >= 0.6 is 11.8 Å². The smallest absolute Gasteiger partial charge is 0.248 e. The van der Waals surface area contributed by atoms with Crippen LogP contribution in [-0.2, 0) is 4.79 Å². The van der Waals surface area contributed by atoms with E-state index in [4.69, 9.17) is 5.73 Å². The second kappa shape index (κ2) is 6.90. The summed E-state index contributed by atoms with van der Waals surface area (Å²) in [5.74, 6) is -0.621. The zero-order valence-corrected chi connectivity index (χ0v) is 12.3. The summed E-state index contributed by atoms with van der Waals surface area (Å²) in [7, 11) is 0. The van der Waals surface area contributed by atoms with Crippen LogP contribution in [0.5, 0.6) is 0 Å². The van der Waals surface area contributed by atoms with Gasteiger partial charge in [-0.05, 0) is 43.3 Å². The van der Waals surface area contributed by atoms with Crippen molar-refractivity contribution in [3.63, 3.8) is 0 Å². The molecule has 2 aromatic rings. The van der Waals surface area contributed by atoms with Gasteiger partial charge in [0.15, 0.2) is 0 Å². The van der Waals surface area contributed by atoms with E-state index in [1.54, 1.807) is 30.5 Å². The number of thioether (sulfide) groups is 1. The van der Waals surface area contributed by atoms with Crippen molar-refractivity contribution in [3.8, 4) is 0 Å². The molecule has 3 N–H and O–H groups in total. The molecule has 2 amide bonds. The summed E-state index contributed by atoms with van der Waals surface area (Å²) in [6.07, 6.45) is 1.69. The molecule has 0 radical (unpaired) electrons. The number of nitrogens with zero attached hydrogens (tertiary/aromatic N) is 1. The van der Waals surface area contributed by atoms with Gasteiger partial charge in [-0.1, -0.05) is 17.8 Å². The molecule has 0 aliphatic rings. The molecule has 0 unspecified atom stereocenters. The number of hydrogen-bond donors (Lipinski definition) is 2. The lowest BCUT2D eigenvalue weighted by Crippen LogP contribution is -2.22. The topological polar surface area (TPSA) is 85.1 Å². The summed E-state index contributed by atoms with van der Waals surface area (Å²) in [6, 6.07) is 12.0. The maximum Gasteiger partial charge on any atom is 0.248 e. The predicted molar refractivity (Wildman–Crippen MR) is 83.1 cm³/mol. The lowest BCUT2D eigenvalue weighted by atomic mass is 10.2. The minimum absolute atomic E-state index is 0.127. The summed E-state index contributed by atoms with van der Waals surface area (Å²) < 4.78 is 0. The van der Waals surface area contributed by atoms with E-state index < -0.39 is 5.91 Å². The first kappa shape index (κ1) is 15.1. The lowest BCUT2D eigenvalue weighted by Gasteiger charge is -2.11. The normalized spacial score (nSPS) is 11.7. The number of primary amides is 1. The van der Waals surface area contributed by atoms with Crippen molar-refractivity contribution in [1.82, 2.24) is 4.98 Å². The van der Waals surface area contributed by atoms with Crippen molar-refractivity contribution in [2.45, 2.75) is 17.2 Å². The minimum Gasteiger partial charge on any atom is -0.366 e. The van der Waals surface area contributed by atoms with Crippen LogP contribution < -0.4 is 11.1 Å². The highest BCUT2D eigenvalue weighted by Crippen LogP contribution is 2.21. The fourth-order valence-electron chi connectivity index (χ4n) is 1.61. The van der Waals surface area contributed by atoms with Crippen molar-refractivity contribution in [2.24, 2.45) is 5.73 Å². The molecule has 1 atom stereocenters. The van der Waals surface area contributed by atoms with E-state index in [0.717, 1.165) is 5.03 Å². The van der Waals surface area contributed by atoms with E-state index in [9.17, 15) is 9.59 Å². The van der Waals surface area contributed by atoms with E-state index >= 15 is 0 Å². The Kier molecular flexibility index (Phi) is 4.94. The highest BCUT2D eigenvalue weighted by molar-refractivity contribution is 8.00. The molecule has 0 bridgehead atoms. The molecule has 0 fully saturated rings. The SMILES string of the molecule is C[C@@H](Sc1ccccn1)C(=O)Nc1ccc(C(N)=O)cc1. The van der Waals surface area contributed by atoms with Crippen molar-refractivity contribution >= 4 is 29.3 Å². The quantitative estimate of drug-likeness (QED) is 0.830. The number of nitrogens with two attached hydrogens (primary N) is 1. The predicted octanol–water partition coefficient (Wildman–Crippen LogP) is 2.30. The van der Waals surface area contributed by atoms with Gasteiger partial charge in [-0.15, -0.1) is 0 Å². The van der Waals surface area contributed by atoms with Gasteiger partial charge in [-0.25, -0.2) is 4.98 Å². The highest BCUT2D eigenvalue weighted by Gasteiger charge is 2.15. The number of anilines is 1. The third kappa shape index (κ3) is 4.32. The van der Waals surface area contributed by atoms with E-state index in [0.29, 0.717) is 11.3 Å². The number of benzene rings is 1. The molecule has 0 aliphatic heterocycles. The van der Waals surface area contributed by atoms with Gasteiger partial charge in [0.25, 0.3) is 0 Å². The molecule has 5 nitrogen and oxygen atoms in total. The molecule has 0 spiro atoms. The third-order valence-corrected chi connectivity index (χ3v) is 3.79. The molecule has 2 rings (SSSR count). The number of hydrogen-bond acceptors (Lipinski definition) is 4. The maximum absolute atomic E-state index is 12.1. The fourth-order valence-corrected chi connectivity index (χ4v) is 2.42. The molecule has 1 aromatic carbocycles. The summed E-state index contributed by atoms with van der Waals surface area (Å²) in [4.78, 5) is 27.2. The summed E-state index contributed by atoms with van der Waals surface area (Å²) in [5.41, 5.74) is 6.19. The van der Waals surface area contributed by atoms with Crippen LogP contribution in [0.25, 0.3) is 0 Å². The first-order valence-electron chi connectivity index (χ1n) is 6.34. The summed E-state index contributed by atoms with van der Waals surface area (Å²) in [5, 5.41) is 3.30.